The molecule has 0 aromatic rings. The zero-order chi connectivity index (χ0) is 14.8. The van der Waals surface area contributed by atoms with Crippen molar-refractivity contribution in [3.63, 3.8) is 0 Å². The summed E-state index contributed by atoms with van der Waals surface area (Å²) in [6, 6.07) is 0. The van der Waals surface area contributed by atoms with Crippen LogP contribution in [0.2, 0.25) is 0 Å². The van der Waals surface area contributed by atoms with Crippen LogP contribution in [0, 0.1) is 5.41 Å². The van der Waals surface area contributed by atoms with E-state index in [4.69, 9.17) is 0 Å². The summed E-state index contributed by atoms with van der Waals surface area (Å²) >= 11 is 0. The Bertz CT molecular complexity index is 434. The van der Waals surface area contributed by atoms with E-state index in [1.54, 1.807) is 4.90 Å². The molecule has 5 heteroatoms. The van der Waals surface area contributed by atoms with Crippen LogP contribution in [0.1, 0.15) is 39.5 Å². The lowest BCUT2D eigenvalue weighted by atomic mass is 9.76. The van der Waals surface area contributed by atoms with Gasteiger partial charge < -0.3 is 15.3 Å². The molecule has 1 atom stereocenters. The molecule has 2 N–H and O–H groups in total. The molecule has 2 rings (SSSR count). The zero-order valence-corrected chi connectivity index (χ0v) is 12.4. The number of piperidine rings is 1. The number of nitrogens with one attached hydrogen (secondary N) is 1. The Hall–Kier alpha value is -1.36. The van der Waals surface area contributed by atoms with Crippen molar-refractivity contribution in [3.8, 4) is 0 Å². The number of aliphatic carboxylic acids is 1. The fraction of sp³-hybridized carbons (Fsp3) is 0.733. The highest BCUT2D eigenvalue weighted by atomic mass is 16.4. The van der Waals surface area contributed by atoms with Crippen molar-refractivity contribution in [1.29, 1.82) is 0 Å². The lowest BCUT2D eigenvalue weighted by Crippen LogP contribution is -2.50. The molecule has 5 nitrogen and oxygen atoms in total. The van der Waals surface area contributed by atoms with E-state index in [2.05, 4.69) is 5.32 Å². The Balaban J connectivity index is 2.13. The summed E-state index contributed by atoms with van der Waals surface area (Å²) in [7, 11) is 0. The molecular weight excluding hydrogens is 256 g/mol. The van der Waals surface area contributed by atoms with E-state index in [0.717, 1.165) is 37.1 Å². The lowest BCUT2D eigenvalue weighted by Gasteiger charge is -2.40. The molecule has 2 saturated heterocycles. The van der Waals surface area contributed by atoms with Crippen LogP contribution in [0.3, 0.4) is 0 Å². The molecule has 2 fully saturated rings. The molecule has 2 aliphatic rings. The van der Waals surface area contributed by atoms with Crippen molar-refractivity contribution in [3.05, 3.63) is 11.1 Å². The predicted molar refractivity (Wildman–Crippen MR) is 76.4 cm³/mol. The minimum atomic E-state index is -0.757. The molecule has 0 spiro atoms. The fourth-order valence-electron chi connectivity index (χ4n) is 3.17. The second-order valence-electron chi connectivity index (χ2n) is 6.00. The molecule has 0 aromatic heterocycles. The molecule has 0 saturated carbocycles. The van der Waals surface area contributed by atoms with Crippen molar-refractivity contribution < 1.29 is 14.7 Å². The summed E-state index contributed by atoms with van der Waals surface area (Å²) in [6.07, 6.45) is 2.93. The van der Waals surface area contributed by atoms with Gasteiger partial charge in [0.1, 0.15) is 0 Å². The predicted octanol–water partition coefficient (Wildman–Crippen LogP) is 1.40. The number of carboxylic acids is 1. The molecule has 1 amide bonds. The number of carbonyl (C=O) groups excluding carboxylic acids is 1. The van der Waals surface area contributed by atoms with E-state index in [1.807, 2.05) is 13.8 Å². The number of rotatable bonds is 4. The first-order valence-corrected chi connectivity index (χ1v) is 7.42. The van der Waals surface area contributed by atoms with Crippen LogP contribution in [-0.4, -0.2) is 48.1 Å². The first-order chi connectivity index (χ1) is 9.50. The molecule has 0 radical (unpaired) electrons. The standard InChI is InChI=1S/C15H24N2O3/c1-3-5-15(14(19)20)6-4-7-17(10-15)13(18)11(2)12-8-16-9-12/h16H,3-10H2,1-2H3,(H,19,20). The number of hydrogen-bond donors (Lipinski definition) is 2. The number of likely N-dealkylation sites (tertiary alicyclic amines) is 1. The van der Waals surface area contributed by atoms with Crippen molar-refractivity contribution in [2.24, 2.45) is 5.41 Å². The van der Waals surface area contributed by atoms with E-state index >= 15 is 0 Å². The third kappa shape index (κ3) is 2.73. The summed E-state index contributed by atoms with van der Waals surface area (Å²) < 4.78 is 0. The molecule has 2 heterocycles. The highest BCUT2D eigenvalue weighted by Crippen LogP contribution is 2.35. The van der Waals surface area contributed by atoms with E-state index in [1.165, 1.54) is 0 Å². The highest BCUT2D eigenvalue weighted by Gasteiger charge is 2.43. The average molecular weight is 280 g/mol. The van der Waals surface area contributed by atoms with E-state index in [9.17, 15) is 14.7 Å². The number of hydrogen-bond acceptors (Lipinski definition) is 3. The van der Waals surface area contributed by atoms with Crippen LogP contribution in [-0.2, 0) is 9.59 Å². The maximum absolute atomic E-state index is 12.5. The maximum atomic E-state index is 12.5. The number of carbonyl (C=O) groups is 2. The van der Waals surface area contributed by atoms with Crippen LogP contribution in [0.4, 0.5) is 0 Å². The van der Waals surface area contributed by atoms with Gasteiger partial charge in [0.15, 0.2) is 0 Å². The van der Waals surface area contributed by atoms with Crippen LogP contribution in [0.25, 0.3) is 0 Å². The molecule has 0 bridgehead atoms. The Kier molecular flexibility index (Phi) is 4.48. The largest absolute Gasteiger partial charge is 0.481 e. The highest BCUT2D eigenvalue weighted by molar-refractivity contribution is 5.94. The Morgan fingerprint density at radius 2 is 2.10 bits per heavy atom. The van der Waals surface area contributed by atoms with Crippen molar-refractivity contribution in [2.75, 3.05) is 26.2 Å². The molecule has 0 aromatic carbocycles. The van der Waals surface area contributed by atoms with Gasteiger partial charge in [-0.1, -0.05) is 13.3 Å². The monoisotopic (exact) mass is 280 g/mol. The minimum absolute atomic E-state index is 0.0166. The van der Waals surface area contributed by atoms with Crippen LogP contribution >= 0.6 is 0 Å². The van der Waals surface area contributed by atoms with Gasteiger partial charge in [-0.25, -0.2) is 0 Å². The molecular formula is C15H24N2O3. The topological polar surface area (TPSA) is 69.6 Å². The van der Waals surface area contributed by atoms with Crippen molar-refractivity contribution >= 4 is 11.9 Å². The first-order valence-electron chi connectivity index (χ1n) is 7.42. The van der Waals surface area contributed by atoms with E-state index in [0.29, 0.717) is 25.9 Å². The second kappa shape index (κ2) is 5.95. The number of carboxylic acid groups (broad SMARTS) is 1. The number of amides is 1. The fourth-order valence-corrected chi connectivity index (χ4v) is 3.17. The van der Waals surface area contributed by atoms with Gasteiger partial charge in [0.05, 0.1) is 5.41 Å². The van der Waals surface area contributed by atoms with Crippen molar-refractivity contribution in [2.45, 2.75) is 39.5 Å². The number of nitrogens with zero attached hydrogens (tertiary/aromatic N) is 1. The third-order valence-corrected chi connectivity index (χ3v) is 4.57. The van der Waals surface area contributed by atoms with Gasteiger partial charge in [-0.05, 0) is 31.8 Å². The molecule has 0 aliphatic carbocycles. The quantitative estimate of drug-likeness (QED) is 0.764. The third-order valence-electron chi connectivity index (χ3n) is 4.57. The van der Waals surface area contributed by atoms with Crippen LogP contribution < -0.4 is 5.32 Å². The Morgan fingerprint density at radius 3 is 2.60 bits per heavy atom. The van der Waals surface area contributed by atoms with Crippen LogP contribution in [0.15, 0.2) is 11.1 Å². The lowest BCUT2D eigenvalue weighted by molar-refractivity contribution is -0.155. The van der Waals surface area contributed by atoms with Gasteiger partial charge in [0.2, 0.25) is 5.91 Å². The van der Waals surface area contributed by atoms with E-state index in [-0.39, 0.29) is 5.91 Å². The van der Waals surface area contributed by atoms with Gasteiger partial charge in [-0.15, -0.1) is 0 Å². The van der Waals surface area contributed by atoms with E-state index < -0.39 is 11.4 Å². The summed E-state index contributed by atoms with van der Waals surface area (Å²) in [5.41, 5.74) is 1.20. The molecule has 20 heavy (non-hydrogen) atoms. The summed E-state index contributed by atoms with van der Waals surface area (Å²) in [4.78, 5) is 25.9. The van der Waals surface area contributed by atoms with Gasteiger partial charge in [-0.2, -0.15) is 0 Å². The first kappa shape index (κ1) is 15.0. The SMILES string of the molecule is CCCC1(C(=O)O)CCCN(C(=O)C(C)=C2CNC2)C1. The minimum Gasteiger partial charge on any atom is -0.481 e. The van der Waals surface area contributed by atoms with Gasteiger partial charge in [0, 0.05) is 31.8 Å². The maximum Gasteiger partial charge on any atom is 0.311 e. The normalized spacial score (nSPS) is 26.1. The van der Waals surface area contributed by atoms with Crippen molar-refractivity contribution in [1.82, 2.24) is 10.2 Å². The second-order valence-corrected chi connectivity index (χ2v) is 6.00. The van der Waals surface area contributed by atoms with Gasteiger partial charge in [-0.3, -0.25) is 9.59 Å². The Labute approximate surface area is 120 Å². The molecule has 112 valence electrons. The average Bonchev–Trinajstić information content (AvgIpc) is 2.36. The van der Waals surface area contributed by atoms with Gasteiger partial charge >= 0.3 is 5.97 Å². The van der Waals surface area contributed by atoms with Crippen LogP contribution in [0.5, 0.6) is 0 Å². The van der Waals surface area contributed by atoms with Gasteiger partial charge in [0.25, 0.3) is 0 Å². The smallest absolute Gasteiger partial charge is 0.311 e. The molecule has 1 unspecified atom stereocenters. The zero-order valence-electron chi connectivity index (χ0n) is 12.4. The summed E-state index contributed by atoms with van der Waals surface area (Å²) in [5, 5.41) is 12.7. The summed E-state index contributed by atoms with van der Waals surface area (Å²) in [5.74, 6) is -0.740. The summed E-state index contributed by atoms with van der Waals surface area (Å²) in [6.45, 7) is 6.45. The Morgan fingerprint density at radius 1 is 1.40 bits per heavy atom. The molecule has 2 aliphatic heterocycles.